The molecule has 0 heterocycles. The molecule has 5 heteroatoms. The highest BCUT2D eigenvalue weighted by Gasteiger charge is 2.31. The summed E-state index contributed by atoms with van der Waals surface area (Å²) in [5.41, 5.74) is 2.05. The summed E-state index contributed by atoms with van der Waals surface area (Å²) >= 11 is 0. The first kappa shape index (κ1) is 17.7. The number of aliphatic hydroxyl groups excluding tert-OH is 1. The molecule has 1 aliphatic rings. The molecular weight excluding hydrogens is 344 g/mol. The van der Waals surface area contributed by atoms with Crippen molar-refractivity contribution < 1.29 is 24.1 Å². The zero-order chi connectivity index (χ0) is 19.1. The van der Waals surface area contributed by atoms with Gasteiger partial charge in [0.15, 0.2) is 0 Å². The van der Waals surface area contributed by atoms with Gasteiger partial charge in [-0.15, -0.1) is 0 Å². The van der Waals surface area contributed by atoms with Crippen molar-refractivity contribution in [2.45, 2.75) is 25.4 Å². The fourth-order valence-electron chi connectivity index (χ4n) is 4.39. The zero-order valence-corrected chi connectivity index (χ0v) is 16.1. The van der Waals surface area contributed by atoms with E-state index < -0.39 is 0 Å². The van der Waals surface area contributed by atoms with Gasteiger partial charge in [-0.3, -0.25) is 0 Å². The quantitative estimate of drug-likeness (QED) is 0.709. The summed E-state index contributed by atoms with van der Waals surface area (Å²) in [6, 6.07) is 7.98. The van der Waals surface area contributed by atoms with Gasteiger partial charge in [-0.2, -0.15) is 0 Å². The van der Waals surface area contributed by atoms with Gasteiger partial charge in [0, 0.05) is 28.3 Å². The second kappa shape index (κ2) is 6.82. The van der Waals surface area contributed by atoms with E-state index in [1.54, 1.807) is 28.4 Å². The van der Waals surface area contributed by atoms with Crippen LogP contribution in [0.5, 0.6) is 23.0 Å². The first-order valence-electron chi connectivity index (χ1n) is 9.06. The fourth-order valence-corrected chi connectivity index (χ4v) is 4.39. The van der Waals surface area contributed by atoms with E-state index >= 15 is 0 Å². The van der Waals surface area contributed by atoms with Crippen LogP contribution in [0.2, 0.25) is 0 Å². The summed E-state index contributed by atoms with van der Waals surface area (Å²) in [6.07, 6.45) is 1.57. The normalized spacial score (nSPS) is 16.3. The maximum absolute atomic E-state index is 10.3. The lowest BCUT2D eigenvalue weighted by atomic mass is 9.84. The van der Waals surface area contributed by atoms with Crippen LogP contribution < -0.4 is 18.9 Å². The predicted molar refractivity (Wildman–Crippen MR) is 106 cm³/mol. The molecule has 142 valence electrons. The molecule has 1 atom stereocenters. The predicted octanol–water partition coefficient (Wildman–Crippen LogP) is 3.88. The number of hydrogen-bond donors (Lipinski definition) is 1. The van der Waals surface area contributed by atoms with E-state index in [1.165, 1.54) is 0 Å². The SMILES string of the molecule is COc1c2c(c(OC)c3c(OC)c4ccccc4c(OC)c13)CC(O)CC2. The molecule has 3 aromatic rings. The minimum Gasteiger partial charge on any atom is -0.496 e. The molecule has 5 nitrogen and oxygen atoms in total. The molecule has 1 aliphatic carbocycles. The average molecular weight is 368 g/mol. The van der Waals surface area contributed by atoms with Crippen LogP contribution in [0, 0.1) is 0 Å². The van der Waals surface area contributed by atoms with Gasteiger partial charge in [-0.1, -0.05) is 24.3 Å². The average Bonchev–Trinajstić information content (AvgIpc) is 2.70. The molecular formula is C22H24O5. The maximum Gasteiger partial charge on any atom is 0.138 e. The first-order valence-corrected chi connectivity index (χ1v) is 9.06. The monoisotopic (exact) mass is 368 g/mol. The Morgan fingerprint density at radius 3 is 1.70 bits per heavy atom. The van der Waals surface area contributed by atoms with E-state index in [9.17, 15) is 5.11 Å². The summed E-state index contributed by atoms with van der Waals surface area (Å²) in [7, 11) is 6.66. The maximum atomic E-state index is 10.3. The largest absolute Gasteiger partial charge is 0.496 e. The molecule has 27 heavy (non-hydrogen) atoms. The van der Waals surface area contributed by atoms with Crippen LogP contribution in [-0.4, -0.2) is 39.6 Å². The van der Waals surface area contributed by atoms with Crippen LogP contribution in [0.25, 0.3) is 21.5 Å². The van der Waals surface area contributed by atoms with E-state index in [0.29, 0.717) is 12.8 Å². The Morgan fingerprint density at radius 2 is 1.22 bits per heavy atom. The highest BCUT2D eigenvalue weighted by molar-refractivity contribution is 6.16. The molecule has 0 fully saturated rings. The van der Waals surface area contributed by atoms with Crippen LogP contribution in [0.1, 0.15) is 17.5 Å². The standard InChI is InChI=1S/C22H24O5/c1-24-19-13-7-5-6-8-14(13)20(25-2)18-17(19)21(26-3)15-10-9-12(23)11-16(15)22(18)27-4/h5-8,12,23H,9-11H2,1-4H3. The lowest BCUT2D eigenvalue weighted by molar-refractivity contribution is 0.156. The highest BCUT2D eigenvalue weighted by Crippen LogP contribution is 2.53. The van der Waals surface area contributed by atoms with E-state index in [2.05, 4.69) is 0 Å². The Morgan fingerprint density at radius 1 is 0.741 bits per heavy atom. The molecule has 0 amide bonds. The Bertz CT molecular complexity index is 1020. The molecule has 0 radical (unpaired) electrons. The first-order chi connectivity index (χ1) is 13.2. The second-order valence-electron chi connectivity index (χ2n) is 6.78. The van der Waals surface area contributed by atoms with Crippen molar-refractivity contribution >= 4 is 21.5 Å². The van der Waals surface area contributed by atoms with Gasteiger partial charge >= 0.3 is 0 Å². The van der Waals surface area contributed by atoms with Gasteiger partial charge in [0.2, 0.25) is 0 Å². The summed E-state index contributed by atoms with van der Waals surface area (Å²) in [4.78, 5) is 0. The topological polar surface area (TPSA) is 57.2 Å². The number of aliphatic hydroxyl groups is 1. The number of methoxy groups -OCH3 is 4. The van der Waals surface area contributed by atoms with Crippen molar-refractivity contribution in [3.05, 3.63) is 35.4 Å². The van der Waals surface area contributed by atoms with E-state index in [-0.39, 0.29) is 6.10 Å². The smallest absolute Gasteiger partial charge is 0.138 e. The molecule has 1 N–H and O–H groups in total. The van der Waals surface area contributed by atoms with Crippen molar-refractivity contribution in [1.82, 2.24) is 0 Å². The number of fused-ring (bicyclic) bond motifs is 3. The fraction of sp³-hybridized carbons (Fsp3) is 0.364. The van der Waals surface area contributed by atoms with Crippen LogP contribution >= 0.6 is 0 Å². The third-order valence-corrected chi connectivity index (χ3v) is 5.47. The van der Waals surface area contributed by atoms with E-state index in [0.717, 1.165) is 62.1 Å². The molecule has 0 bridgehead atoms. The van der Waals surface area contributed by atoms with Crippen LogP contribution in [0.15, 0.2) is 24.3 Å². The van der Waals surface area contributed by atoms with Crippen molar-refractivity contribution in [3.8, 4) is 23.0 Å². The van der Waals surface area contributed by atoms with Crippen molar-refractivity contribution in [3.63, 3.8) is 0 Å². The van der Waals surface area contributed by atoms with Gasteiger partial charge < -0.3 is 24.1 Å². The van der Waals surface area contributed by atoms with Gasteiger partial charge in [-0.05, 0) is 12.8 Å². The summed E-state index contributed by atoms with van der Waals surface area (Å²) < 4.78 is 23.4. The number of benzene rings is 3. The Hall–Kier alpha value is -2.66. The molecule has 1 unspecified atom stereocenters. The molecule has 4 rings (SSSR count). The number of ether oxygens (including phenoxy) is 4. The summed E-state index contributed by atoms with van der Waals surface area (Å²) in [5.74, 6) is 2.96. The van der Waals surface area contributed by atoms with Crippen molar-refractivity contribution in [1.29, 1.82) is 0 Å². The minimum atomic E-state index is -0.387. The molecule has 0 aliphatic heterocycles. The van der Waals surface area contributed by atoms with Gasteiger partial charge in [0.25, 0.3) is 0 Å². The van der Waals surface area contributed by atoms with E-state index in [4.69, 9.17) is 18.9 Å². The third kappa shape index (κ3) is 2.49. The lowest BCUT2D eigenvalue weighted by Crippen LogP contribution is -2.20. The van der Waals surface area contributed by atoms with Crippen molar-refractivity contribution in [2.24, 2.45) is 0 Å². The van der Waals surface area contributed by atoms with Crippen LogP contribution in [-0.2, 0) is 12.8 Å². The second-order valence-corrected chi connectivity index (χ2v) is 6.78. The van der Waals surface area contributed by atoms with E-state index in [1.807, 2.05) is 24.3 Å². The van der Waals surface area contributed by atoms with Gasteiger partial charge in [0.1, 0.15) is 23.0 Å². The molecule has 0 saturated carbocycles. The molecule has 0 aromatic heterocycles. The Kier molecular flexibility index (Phi) is 4.48. The lowest BCUT2D eigenvalue weighted by Gasteiger charge is -2.28. The van der Waals surface area contributed by atoms with Crippen LogP contribution in [0.3, 0.4) is 0 Å². The number of hydrogen-bond acceptors (Lipinski definition) is 5. The Balaban J connectivity index is 2.31. The molecule has 0 spiro atoms. The Labute approximate surface area is 158 Å². The minimum absolute atomic E-state index is 0.387. The van der Waals surface area contributed by atoms with Gasteiger partial charge in [0.05, 0.1) is 45.3 Å². The summed E-state index contributed by atoms with van der Waals surface area (Å²) in [5, 5.41) is 13.8. The molecule has 0 saturated heterocycles. The van der Waals surface area contributed by atoms with Crippen LogP contribution in [0.4, 0.5) is 0 Å². The number of rotatable bonds is 4. The third-order valence-electron chi connectivity index (χ3n) is 5.47. The van der Waals surface area contributed by atoms with Crippen molar-refractivity contribution in [2.75, 3.05) is 28.4 Å². The van der Waals surface area contributed by atoms with Gasteiger partial charge in [-0.25, -0.2) is 0 Å². The summed E-state index contributed by atoms with van der Waals surface area (Å²) in [6.45, 7) is 0. The molecule has 3 aromatic carbocycles. The highest BCUT2D eigenvalue weighted by atomic mass is 16.5. The zero-order valence-electron chi connectivity index (χ0n) is 16.1.